The Morgan fingerprint density at radius 2 is 2.20 bits per heavy atom. The second kappa shape index (κ2) is 9.36. The van der Waals surface area contributed by atoms with Gasteiger partial charge in [0.15, 0.2) is 5.96 Å². The van der Waals surface area contributed by atoms with Crippen LogP contribution in [0.5, 0.6) is 0 Å². The van der Waals surface area contributed by atoms with Crippen molar-refractivity contribution in [2.24, 2.45) is 4.99 Å². The molecule has 0 fully saturated rings. The fraction of sp³-hybridized carbons (Fsp3) is 0.412. The summed E-state index contributed by atoms with van der Waals surface area (Å²) in [5, 5.41) is 19.9. The first kappa shape index (κ1) is 19.2. The van der Waals surface area contributed by atoms with Gasteiger partial charge < -0.3 is 10.6 Å². The fourth-order valence-corrected chi connectivity index (χ4v) is 2.72. The van der Waals surface area contributed by atoms with Crippen LogP contribution in [0.15, 0.2) is 35.6 Å². The molecular formula is C17H22IN7. The van der Waals surface area contributed by atoms with Gasteiger partial charge >= 0.3 is 0 Å². The van der Waals surface area contributed by atoms with Crippen LogP contribution in [-0.2, 0) is 19.5 Å². The van der Waals surface area contributed by atoms with Crippen LogP contribution in [0, 0.1) is 11.3 Å². The Kier molecular flexibility index (Phi) is 7.18. The van der Waals surface area contributed by atoms with Crippen molar-refractivity contribution in [1.82, 2.24) is 25.4 Å². The lowest BCUT2D eigenvalue weighted by Gasteiger charge is -2.25. The van der Waals surface area contributed by atoms with Crippen molar-refractivity contribution in [1.29, 1.82) is 5.26 Å². The smallest absolute Gasteiger partial charge is 0.191 e. The number of fused-ring (bicyclic) bond motifs is 1. The Balaban J connectivity index is 0.00000225. The van der Waals surface area contributed by atoms with Crippen LogP contribution in [0.3, 0.4) is 0 Å². The SMILES string of the molecule is CCNC(=NCc1ccc(C#N)cc1)NC1CCc2ncnn2C1.I. The summed E-state index contributed by atoms with van der Waals surface area (Å²) in [4.78, 5) is 8.90. The van der Waals surface area contributed by atoms with E-state index in [0.717, 1.165) is 43.3 Å². The molecule has 0 spiro atoms. The van der Waals surface area contributed by atoms with Crippen molar-refractivity contribution in [2.45, 2.75) is 38.9 Å². The molecule has 1 aliphatic rings. The zero-order chi connectivity index (χ0) is 16.8. The molecule has 25 heavy (non-hydrogen) atoms. The van der Waals surface area contributed by atoms with E-state index in [1.54, 1.807) is 6.33 Å². The summed E-state index contributed by atoms with van der Waals surface area (Å²) in [5.41, 5.74) is 1.74. The van der Waals surface area contributed by atoms with Crippen LogP contribution in [0.4, 0.5) is 0 Å². The number of benzene rings is 1. The Morgan fingerprint density at radius 3 is 2.92 bits per heavy atom. The van der Waals surface area contributed by atoms with Gasteiger partial charge in [0, 0.05) is 19.0 Å². The number of nitrogens with zero attached hydrogens (tertiary/aromatic N) is 5. The van der Waals surface area contributed by atoms with Gasteiger partial charge in [0.05, 0.1) is 24.7 Å². The van der Waals surface area contributed by atoms with Crippen LogP contribution < -0.4 is 10.6 Å². The Hall–Kier alpha value is -2.15. The van der Waals surface area contributed by atoms with Gasteiger partial charge in [-0.2, -0.15) is 10.4 Å². The molecule has 1 aromatic heterocycles. The molecule has 2 N–H and O–H groups in total. The van der Waals surface area contributed by atoms with Gasteiger partial charge in [-0.15, -0.1) is 24.0 Å². The number of aryl methyl sites for hydroxylation is 1. The van der Waals surface area contributed by atoms with Crippen LogP contribution in [0.25, 0.3) is 0 Å². The zero-order valence-electron chi connectivity index (χ0n) is 14.1. The van der Waals surface area contributed by atoms with E-state index in [-0.39, 0.29) is 30.0 Å². The maximum absolute atomic E-state index is 8.84. The quantitative estimate of drug-likeness (QED) is 0.421. The minimum absolute atomic E-state index is 0. The third-order valence-corrected chi connectivity index (χ3v) is 3.99. The molecule has 0 bridgehead atoms. The standard InChI is InChI=1S/C17H21N7.HI/c1-2-19-17(20-10-14-5-3-13(9-18)4-6-14)23-15-7-8-16-21-12-22-24(16)11-15;/h3-6,12,15H,2,7-8,10-11H2,1H3,(H2,19,20,23);1H. The average Bonchev–Trinajstić information content (AvgIpc) is 3.08. The number of aromatic nitrogens is 3. The van der Waals surface area contributed by atoms with Gasteiger partial charge in [0.2, 0.25) is 0 Å². The van der Waals surface area contributed by atoms with E-state index in [0.29, 0.717) is 12.1 Å². The number of nitriles is 1. The molecule has 1 unspecified atom stereocenters. The Labute approximate surface area is 164 Å². The van der Waals surface area contributed by atoms with E-state index in [1.165, 1.54) is 0 Å². The molecule has 0 saturated carbocycles. The van der Waals surface area contributed by atoms with E-state index in [2.05, 4.69) is 38.7 Å². The summed E-state index contributed by atoms with van der Waals surface area (Å²) in [6, 6.07) is 9.93. The van der Waals surface area contributed by atoms with Crippen LogP contribution in [0.1, 0.15) is 30.3 Å². The molecule has 8 heteroatoms. The van der Waals surface area contributed by atoms with Gasteiger partial charge in [-0.3, -0.25) is 0 Å². The lowest BCUT2D eigenvalue weighted by molar-refractivity contribution is 0.392. The molecule has 0 saturated heterocycles. The molecule has 2 heterocycles. The maximum Gasteiger partial charge on any atom is 0.191 e. The van der Waals surface area contributed by atoms with Gasteiger partial charge in [-0.1, -0.05) is 12.1 Å². The largest absolute Gasteiger partial charge is 0.357 e. The van der Waals surface area contributed by atoms with Crippen LogP contribution in [-0.4, -0.2) is 33.3 Å². The monoisotopic (exact) mass is 451 g/mol. The van der Waals surface area contributed by atoms with E-state index in [9.17, 15) is 0 Å². The molecule has 1 aromatic carbocycles. The molecule has 0 amide bonds. The van der Waals surface area contributed by atoms with Gasteiger partial charge in [-0.05, 0) is 31.0 Å². The first-order valence-corrected chi connectivity index (χ1v) is 8.19. The highest BCUT2D eigenvalue weighted by atomic mass is 127. The number of halogens is 1. The third-order valence-electron chi connectivity index (χ3n) is 3.99. The number of rotatable bonds is 4. The predicted octanol–water partition coefficient (Wildman–Crippen LogP) is 1.84. The maximum atomic E-state index is 8.84. The lowest BCUT2D eigenvalue weighted by atomic mass is 10.1. The summed E-state index contributed by atoms with van der Waals surface area (Å²) < 4.78 is 1.95. The van der Waals surface area contributed by atoms with Crippen molar-refractivity contribution < 1.29 is 0 Å². The highest BCUT2D eigenvalue weighted by Crippen LogP contribution is 2.11. The molecule has 0 radical (unpaired) electrons. The normalized spacial score (nSPS) is 16.3. The number of guanidine groups is 1. The van der Waals surface area contributed by atoms with E-state index >= 15 is 0 Å². The molecule has 3 rings (SSSR count). The topological polar surface area (TPSA) is 90.9 Å². The minimum atomic E-state index is 0. The van der Waals surface area contributed by atoms with Crippen LogP contribution >= 0.6 is 24.0 Å². The summed E-state index contributed by atoms with van der Waals surface area (Å²) in [7, 11) is 0. The van der Waals surface area contributed by atoms with Crippen molar-refractivity contribution >= 4 is 29.9 Å². The van der Waals surface area contributed by atoms with Crippen molar-refractivity contribution in [2.75, 3.05) is 6.54 Å². The molecular weight excluding hydrogens is 429 g/mol. The fourth-order valence-electron chi connectivity index (χ4n) is 2.72. The molecule has 2 aromatic rings. The summed E-state index contributed by atoms with van der Waals surface area (Å²) in [5.74, 6) is 1.85. The second-order valence-corrected chi connectivity index (χ2v) is 5.74. The van der Waals surface area contributed by atoms with E-state index < -0.39 is 0 Å². The number of hydrogen-bond acceptors (Lipinski definition) is 4. The molecule has 1 atom stereocenters. The molecule has 7 nitrogen and oxygen atoms in total. The molecule has 1 aliphatic heterocycles. The Bertz CT molecular complexity index is 745. The van der Waals surface area contributed by atoms with Gasteiger partial charge in [-0.25, -0.2) is 14.7 Å². The molecule has 0 aliphatic carbocycles. The first-order chi connectivity index (χ1) is 11.8. The molecule has 132 valence electrons. The first-order valence-electron chi connectivity index (χ1n) is 8.19. The van der Waals surface area contributed by atoms with Crippen molar-refractivity contribution in [3.05, 3.63) is 47.5 Å². The zero-order valence-corrected chi connectivity index (χ0v) is 16.5. The summed E-state index contributed by atoms with van der Waals surface area (Å²) >= 11 is 0. The van der Waals surface area contributed by atoms with Crippen LogP contribution in [0.2, 0.25) is 0 Å². The number of aliphatic imine (C=N–C) groups is 1. The highest BCUT2D eigenvalue weighted by Gasteiger charge is 2.20. The van der Waals surface area contributed by atoms with Gasteiger partial charge in [0.25, 0.3) is 0 Å². The summed E-state index contributed by atoms with van der Waals surface area (Å²) in [6.45, 7) is 4.23. The Morgan fingerprint density at radius 1 is 1.40 bits per heavy atom. The summed E-state index contributed by atoms with van der Waals surface area (Å²) in [6.07, 6.45) is 3.55. The van der Waals surface area contributed by atoms with Crippen molar-refractivity contribution in [3.63, 3.8) is 0 Å². The predicted molar refractivity (Wildman–Crippen MR) is 107 cm³/mol. The number of nitrogens with one attached hydrogen (secondary N) is 2. The number of hydrogen-bond donors (Lipinski definition) is 2. The second-order valence-electron chi connectivity index (χ2n) is 5.74. The lowest BCUT2D eigenvalue weighted by Crippen LogP contribution is -2.47. The van der Waals surface area contributed by atoms with E-state index in [4.69, 9.17) is 5.26 Å². The van der Waals surface area contributed by atoms with E-state index in [1.807, 2.05) is 28.9 Å². The average molecular weight is 451 g/mol. The minimum Gasteiger partial charge on any atom is -0.357 e. The third kappa shape index (κ3) is 5.16. The highest BCUT2D eigenvalue weighted by molar-refractivity contribution is 14.0. The van der Waals surface area contributed by atoms with Crippen molar-refractivity contribution in [3.8, 4) is 6.07 Å². The van der Waals surface area contributed by atoms with Gasteiger partial charge in [0.1, 0.15) is 12.2 Å².